The molecule has 4 aliphatic rings. The highest BCUT2D eigenvalue weighted by Gasteiger charge is 2.43. The number of nitrogens with one attached hydrogen (secondary N) is 1. The van der Waals surface area contributed by atoms with Crippen LogP contribution in [0, 0.1) is 17.7 Å². The summed E-state index contributed by atoms with van der Waals surface area (Å²) < 4.78 is 13.6. The Hall–Kier alpha value is -3.87. The Morgan fingerprint density at radius 1 is 1.05 bits per heavy atom. The molecule has 0 bridgehead atoms. The highest BCUT2D eigenvalue weighted by Crippen LogP contribution is 2.42. The fourth-order valence-electron chi connectivity index (χ4n) is 5.87. The van der Waals surface area contributed by atoms with Gasteiger partial charge in [0, 0.05) is 11.1 Å². The summed E-state index contributed by atoms with van der Waals surface area (Å²) in [5.74, 6) is -1.32. The van der Waals surface area contributed by atoms with E-state index in [2.05, 4.69) is 17.4 Å². The van der Waals surface area contributed by atoms with E-state index in [1.807, 2.05) is 30.4 Å². The van der Waals surface area contributed by atoms with Crippen LogP contribution in [0.1, 0.15) is 54.8 Å². The van der Waals surface area contributed by atoms with Crippen molar-refractivity contribution in [1.82, 2.24) is 5.32 Å². The van der Waals surface area contributed by atoms with Crippen LogP contribution >= 0.6 is 0 Å². The highest BCUT2D eigenvalue weighted by atomic mass is 19.1. The summed E-state index contributed by atoms with van der Waals surface area (Å²) in [5.41, 5.74) is 5.33. The van der Waals surface area contributed by atoms with Gasteiger partial charge in [-0.3, -0.25) is 19.6 Å². The molecule has 5 unspecified atom stereocenters. The normalized spacial score (nSPS) is 27.3. The zero-order valence-corrected chi connectivity index (χ0v) is 21.0. The van der Waals surface area contributed by atoms with E-state index in [-0.39, 0.29) is 41.7 Å². The number of aryl methyl sites for hydroxylation is 1. The number of carboxylic acid groups (broad SMARTS) is 1. The molecule has 1 aliphatic heterocycles. The third-order valence-electron chi connectivity index (χ3n) is 8.08. The first-order chi connectivity index (χ1) is 18.5. The molecule has 2 aromatic rings. The number of carboxylic acids is 1. The first-order valence-corrected chi connectivity index (χ1v) is 13.4. The number of rotatable bonds is 7. The van der Waals surface area contributed by atoms with E-state index in [9.17, 15) is 19.1 Å². The number of aliphatic carboxylic acids is 1. The number of carbonyl (C=O) groups excluding carboxylic acids is 1. The molecule has 0 aromatic heterocycles. The Morgan fingerprint density at radius 3 is 2.66 bits per heavy atom. The number of fused-ring (bicyclic) bond motifs is 2. The number of amides is 1. The average Bonchev–Trinajstić information content (AvgIpc) is 3.72. The lowest BCUT2D eigenvalue weighted by atomic mass is 9.87. The lowest BCUT2D eigenvalue weighted by Crippen LogP contribution is -2.36. The topological polar surface area (TPSA) is 91.1 Å². The maximum Gasteiger partial charge on any atom is 0.306 e. The molecule has 5 atom stereocenters. The summed E-state index contributed by atoms with van der Waals surface area (Å²) in [5, 5.41) is 12.5. The molecule has 0 spiro atoms. The van der Waals surface area contributed by atoms with E-state index >= 15 is 0 Å². The molecule has 3 aliphatic carbocycles. The zero-order valence-electron chi connectivity index (χ0n) is 21.0. The third-order valence-corrected chi connectivity index (χ3v) is 8.08. The van der Waals surface area contributed by atoms with Crippen molar-refractivity contribution < 1.29 is 19.1 Å². The van der Waals surface area contributed by atoms with Crippen molar-refractivity contribution in [1.29, 1.82) is 0 Å². The molecule has 6 rings (SSSR count). The highest BCUT2D eigenvalue weighted by molar-refractivity contribution is 6.48. The molecule has 1 heterocycles. The van der Waals surface area contributed by atoms with Crippen LogP contribution in [-0.4, -0.2) is 40.5 Å². The van der Waals surface area contributed by atoms with Crippen LogP contribution in [0.3, 0.4) is 0 Å². The Bertz CT molecular complexity index is 1390. The van der Waals surface area contributed by atoms with Gasteiger partial charge in [-0.15, -0.1) is 0 Å². The minimum atomic E-state index is -0.746. The van der Waals surface area contributed by atoms with Crippen LogP contribution in [0.5, 0.6) is 0 Å². The summed E-state index contributed by atoms with van der Waals surface area (Å²) in [6, 6.07) is 13.9. The van der Waals surface area contributed by atoms with Crippen LogP contribution in [0.4, 0.5) is 4.39 Å². The van der Waals surface area contributed by atoms with Crippen molar-refractivity contribution in [2.75, 3.05) is 0 Å². The van der Waals surface area contributed by atoms with E-state index in [1.54, 1.807) is 12.1 Å². The van der Waals surface area contributed by atoms with Gasteiger partial charge in [0.2, 0.25) is 0 Å². The molecule has 7 heteroatoms. The number of benzene rings is 2. The van der Waals surface area contributed by atoms with Gasteiger partial charge in [0.15, 0.2) is 0 Å². The molecule has 1 saturated carbocycles. The van der Waals surface area contributed by atoms with Gasteiger partial charge >= 0.3 is 5.97 Å². The van der Waals surface area contributed by atoms with Gasteiger partial charge in [-0.1, -0.05) is 36.4 Å². The number of hydrogen-bond acceptors (Lipinski definition) is 4. The number of nitrogens with zero attached hydrogens (tertiary/aromatic N) is 2. The van der Waals surface area contributed by atoms with Gasteiger partial charge in [-0.25, -0.2) is 4.39 Å². The van der Waals surface area contributed by atoms with E-state index in [0.717, 1.165) is 30.5 Å². The Kier molecular flexibility index (Phi) is 6.52. The molecule has 6 nitrogen and oxygen atoms in total. The molecule has 0 saturated heterocycles. The van der Waals surface area contributed by atoms with Crippen molar-refractivity contribution in [3.05, 3.63) is 94.8 Å². The largest absolute Gasteiger partial charge is 0.481 e. The molecule has 2 aromatic carbocycles. The van der Waals surface area contributed by atoms with Gasteiger partial charge in [-0.05, 0) is 85.9 Å². The fraction of sp³-hybridized carbons (Fsp3) is 0.355. The van der Waals surface area contributed by atoms with E-state index < -0.39 is 5.97 Å². The van der Waals surface area contributed by atoms with E-state index in [0.29, 0.717) is 30.5 Å². The summed E-state index contributed by atoms with van der Waals surface area (Å²) >= 11 is 0. The van der Waals surface area contributed by atoms with Crippen LogP contribution in [-0.2, 0) is 16.0 Å². The van der Waals surface area contributed by atoms with Crippen LogP contribution in [0.2, 0.25) is 0 Å². The SMILES string of the molecule is O=C(NC1CCCc2ccccc21)C1=CC2N=C(CCC3CC3C(=O)O)C(c3ccc(F)cc3)=NC2C=C1. The molecule has 1 amide bonds. The Labute approximate surface area is 221 Å². The predicted octanol–water partition coefficient (Wildman–Crippen LogP) is 5.00. The summed E-state index contributed by atoms with van der Waals surface area (Å²) in [4.78, 5) is 34.5. The minimum Gasteiger partial charge on any atom is -0.481 e. The lowest BCUT2D eigenvalue weighted by Gasteiger charge is -2.29. The second-order valence-corrected chi connectivity index (χ2v) is 10.6. The van der Waals surface area contributed by atoms with Crippen LogP contribution < -0.4 is 5.32 Å². The van der Waals surface area contributed by atoms with Gasteiger partial charge in [0.1, 0.15) is 5.82 Å². The lowest BCUT2D eigenvalue weighted by molar-refractivity contribution is -0.138. The average molecular weight is 512 g/mol. The first kappa shape index (κ1) is 24.5. The van der Waals surface area contributed by atoms with Crippen molar-refractivity contribution in [3.63, 3.8) is 0 Å². The van der Waals surface area contributed by atoms with Crippen molar-refractivity contribution in [2.24, 2.45) is 21.8 Å². The van der Waals surface area contributed by atoms with Crippen LogP contribution in [0.15, 0.2) is 82.3 Å². The second-order valence-electron chi connectivity index (χ2n) is 10.6. The first-order valence-electron chi connectivity index (χ1n) is 13.4. The molecule has 2 N–H and O–H groups in total. The molecule has 0 radical (unpaired) electrons. The van der Waals surface area contributed by atoms with Gasteiger partial charge in [-0.2, -0.15) is 0 Å². The second kappa shape index (κ2) is 10.1. The minimum absolute atomic E-state index is 0.00582. The fourth-order valence-corrected chi connectivity index (χ4v) is 5.87. The number of hydrogen-bond donors (Lipinski definition) is 2. The van der Waals surface area contributed by atoms with E-state index in [1.165, 1.54) is 23.3 Å². The summed E-state index contributed by atoms with van der Waals surface area (Å²) in [6.45, 7) is 0. The molecule has 1 fully saturated rings. The van der Waals surface area contributed by atoms with Gasteiger partial charge in [0.25, 0.3) is 5.91 Å². The van der Waals surface area contributed by atoms with Crippen molar-refractivity contribution >= 4 is 23.3 Å². The summed E-state index contributed by atoms with van der Waals surface area (Å²) in [6.07, 6.45) is 10.6. The third kappa shape index (κ3) is 4.97. The number of aliphatic imine (C=N–C) groups is 2. The molecule has 38 heavy (non-hydrogen) atoms. The Balaban J connectivity index is 1.22. The maximum absolute atomic E-state index is 13.6. The molecule has 194 valence electrons. The molecular formula is C31H30FN3O3. The van der Waals surface area contributed by atoms with Crippen molar-refractivity contribution in [2.45, 2.75) is 56.7 Å². The monoisotopic (exact) mass is 511 g/mol. The summed E-state index contributed by atoms with van der Waals surface area (Å²) in [7, 11) is 0. The number of carbonyl (C=O) groups is 2. The standard InChI is InChI=1S/C31H30FN3O3/c32-22-12-8-19(9-13-22)29-27(15-10-20-16-24(20)31(37)38)33-28-17-21(11-14-26(28)34-29)30(36)35-25-7-3-5-18-4-1-2-6-23(18)25/h1-2,4,6,8-9,11-14,17,20,24-26,28H,3,5,7,10,15-16H2,(H,35,36)(H,37,38). The Morgan fingerprint density at radius 2 is 1.87 bits per heavy atom. The van der Waals surface area contributed by atoms with Crippen LogP contribution in [0.25, 0.3) is 0 Å². The zero-order chi connectivity index (χ0) is 26.2. The number of halogens is 1. The smallest absolute Gasteiger partial charge is 0.306 e. The quantitative estimate of drug-likeness (QED) is 0.548. The maximum atomic E-state index is 13.6. The predicted molar refractivity (Wildman–Crippen MR) is 144 cm³/mol. The van der Waals surface area contributed by atoms with Gasteiger partial charge in [0.05, 0.1) is 35.5 Å². The van der Waals surface area contributed by atoms with Crippen molar-refractivity contribution in [3.8, 4) is 0 Å². The van der Waals surface area contributed by atoms with Gasteiger partial charge < -0.3 is 10.4 Å². The molecular weight excluding hydrogens is 481 g/mol. The van der Waals surface area contributed by atoms with E-state index in [4.69, 9.17) is 9.98 Å².